The van der Waals surface area contributed by atoms with Crippen molar-refractivity contribution in [3.63, 3.8) is 0 Å². The van der Waals surface area contributed by atoms with Crippen molar-refractivity contribution < 1.29 is 24.1 Å². The monoisotopic (exact) mass is 268 g/mol. The fourth-order valence-electron chi connectivity index (χ4n) is 2.09. The molecular weight excluding hydrogens is 248 g/mol. The highest BCUT2D eigenvalue weighted by atomic mass is 16.7. The summed E-state index contributed by atoms with van der Waals surface area (Å²) in [4.78, 5) is 0. The first kappa shape index (κ1) is 14.3. The number of rotatable bonds is 6. The van der Waals surface area contributed by atoms with Gasteiger partial charge in [-0.25, -0.2) is 0 Å². The van der Waals surface area contributed by atoms with E-state index >= 15 is 0 Å². The number of benzene rings is 1. The Morgan fingerprint density at radius 3 is 2.58 bits per heavy atom. The average molecular weight is 268 g/mol. The molecule has 0 saturated carbocycles. The SMILES string of the molecule is COc1ccc(CO[C@@H]2C[C@H](OC)O[C@@H]2CO)cc1. The van der Waals surface area contributed by atoms with E-state index in [1.807, 2.05) is 24.3 Å². The van der Waals surface area contributed by atoms with Crippen LogP contribution in [0.5, 0.6) is 5.75 Å². The molecule has 1 saturated heterocycles. The van der Waals surface area contributed by atoms with E-state index in [1.54, 1.807) is 14.2 Å². The fourth-order valence-corrected chi connectivity index (χ4v) is 2.09. The second-order valence-electron chi connectivity index (χ2n) is 4.46. The summed E-state index contributed by atoms with van der Waals surface area (Å²) in [7, 11) is 3.23. The van der Waals surface area contributed by atoms with Crippen LogP contribution in [-0.2, 0) is 20.8 Å². The maximum atomic E-state index is 9.24. The van der Waals surface area contributed by atoms with Crippen molar-refractivity contribution in [1.82, 2.24) is 0 Å². The first-order valence-electron chi connectivity index (χ1n) is 6.30. The maximum Gasteiger partial charge on any atom is 0.160 e. The van der Waals surface area contributed by atoms with E-state index in [4.69, 9.17) is 18.9 Å². The largest absolute Gasteiger partial charge is 0.497 e. The van der Waals surface area contributed by atoms with Gasteiger partial charge in [0.1, 0.15) is 11.9 Å². The predicted molar refractivity (Wildman–Crippen MR) is 68.9 cm³/mol. The average Bonchev–Trinajstić information content (AvgIpc) is 2.88. The molecule has 0 aliphatic carbocycles. The van der Waals surface area contributed by atoms with Crippen LogP contribution in [0.25, 0.3) is 0 Å². The van der Waals surface area contributed by atoms with Crippen LogP contribution in [0.2, 0.25) is 0 Å². The minimum atomic E-state index is -0.316. The van der Waals surface area contributed by atoms with E-state index in [0.29, 0.717) is 13.0 Å². The number of aliphatic hydroxyl groups is 1. The Balaban J connectivity index is 1.86. The number of hydrogen-bond donors (Lipinski definition) is 1. The molecule has 0 spiro atoms. The molecule has 5 nitrogen and oxygen atoms in total. The lowest BCUT2D eigenvalue weighted by Gasteiger charge is -2.16. The topological polar surface area (TPSA) is 57.2 Å². The van der Waals surface area contributed by atoms with Crippen molar-refractivity contribution in [2.45, 2.75) is 31.5 Å². The highest BCUT2D eigenvalue weighted by molar-refractivity contribution is 5.26. The third-order valence-electron chi connectivity index (χ3n) is 3.23. The highest BCUT2D eigenvalue weighted by Crippen LogP contribution is 2.24. The molecule has 0 unspecified atom stereocenters. The van der Waals surface area contributed by atoms with Crippen LogP contribution in [0.3, 0.4) is 0 Å². The molecule has 1 aliphatic heterocycles. The van der Waals surface area contributed by atoms with Gasteiger partial charge in [0.2, 0.25) is 0 Å². The molecule has 1 fully saturated rings. The summed E-state index contributed by atoms with van der Waals surface area (Å²) >= 11 is 0. The van der Waals surface area contributed by atoms with Gasteiger partial charge in [-0.3, -0.25) is 0 Å². The van der Waals surface area contributed by atoms with Crippen LogP contribution in [0.1, 0.15) is 12.0 Å². The van der Waals surface area contributed by atoms with E-state index in [0.717, 1.165) is 11.3 Å². The van der Waals surface area contributed by atoms with Crippen LogP contribution in [0.15, 0.2) is 24.3 Å². The van der Waals surface area contributed by atoms with Crippen molar-refractivity contribution in [2.75, 3.05) is 20.8 Å². The van der Waals surface area contributed by atoms with Gasteiger partial charge in [0.25, 0.3) is 0 Å². The van der Waals surface area contributed by atoms with E-state index in [2.05, 4.69) is 0 Å². The van der Waals surface area contributed by atoms with Crippen molar-refractivity contribution >= 4 is 0 Å². The number of hydrogen-bond acceptors (Lipinski definition) is 5. The Labute approximate surface area is 113 Å². The highest BCUT2D eigenvalue weighted by Gasteiger charge is 2.35. The molecule has 1 aromatic rings. The Morgan fingerprint density at radius 1 is 1.26 bits per heavy atom. The first-order chi connectivity index (χ1) is 9.26. The van der Waals surface area contributed by atoms with Crippen molar-refractivity contribution in [1.29, 1.82) is 0 Å². The standard InChI is InChI=1S/C14H20O5/c1-16-11-5-3-10(4-6-11)9-18-12-7-14(17-2)19-13(12)8-15/h3-6,12-15H,7-9H2,1-2H3/t12-,13-,14-/m1/s1. The van der Waals surface area contributed by atoms with Gasteiger partial charge in [-0.2, -0.15) is 0 Å². The van der Waals surface area contributed by atoms with Gasteiger partial charge < -0.3 is 24.1 Å². The van der Waals surface area contributed by atoms with E-state index in [9.17, 15) is 5.11 Å². The summed E-state index contributed by atoms with van der Waals surface area (Å²) in [6, 6.07) is 7.70. The molecule has 0 bridgehead atoms. The number of ether oxygens (including phenoxy) is 4. The van der Waals surface area contributed by atoms with Gasteiger partial charge in [-0.05, 0) is 17.7 Å². The minimum Gasteiger partial charge on any atom is -0.497 e. The van der Waals surface area contributed by atoms with Crippen LogP contribution in [0, 0.1) is 0 Å². The first-order valence-corrected chi connectivity index (χ1v) is 6.30. The van der Waals surface area contributed by atoms with Gasteiger partial charge in [0, 0.05) is 13.5 Å². The molecule has 5 heteroatoms. The van der Waals surface area contributed by atoms with Crippen LogP contribution in [0.4, 0.5) is 0 Å². The van der Waals surface area contributed by atoms with Crippen molar-refractivity contribution in [3.05, 3.63) is 29.8 Å². The van der Waals surface area contributed by atoms with E-state index in [1.165, 1.54) is 0 Å². The van der Waals surface area contributed by atoms with Crippen LogP contribution >= 0.6 is 0 Å². The van der Waals surface area contributed by atoms with Gasteiger partial charge in [0.15, 0.2) is 6.29 Å². The van der Waals surface area contributed by atoms with E-state index in [-0.39, 0.29) is 25.1 Å². The van der Waals surface area contributed by atoms with Gasteiger partial charge in [-0.1, -0.05) is 12.1 Å². The molecule has 1 aliphatic rings. The number of methoxy groups -OCH3 is 2. The van der Waals surface area contributed by atoms with Gasteiger partial charge in [-0.15, -0.1) is 0 Å². The Morgan fingerprint density at radius 2 is 2.00 bits per heavy atom. The second kappa shape index (κ2) is 6.86. The summed E-state index contributed by atoms with van der Waals surface area (Å²) in [5.74, 6) is 0.820. The van der Waals surface area contributed by atoms with Crippen LogP contribution < -0.4 is 4.74 Å². The van der Waals surface area contributed by atoms with E-state index < -0.39 is 0 Å². The zero-order valence-corrected chi connectivity index (χ0v) is 11.2. The number of aliphatic hydroxyl groups excluding tert-OH is 1. The second-order valence-corrected chi connectivity index (χ2v) is 4.46. The summed E-state index contributed by atoms with van der Waals surface area (Å²) < 4.78 is 21.5. The molecule has 2 rings (SSSR count). The quantitative estimate of drug-likeness (QED) is 0.843. The molecule has 1 heterocycles. The molecule has 1 aromatic carbocycles. The molecular formula is C14H20O5. The molecule has 1 N–H and O–H groups in total. The molecule has 106 valence electrons. The fraction of sp³-hybridized carbons (Fsp3) is 0.571. The van der Waals surface area contributed by atoms with Gasteiger partial charge >= 0.3 is 0 Å². The van der Waals surface area contributed by atoms with Crippen molar-refractivity contribution in [3.8, 4) is 5.75 Å². The zero-order valence-electron chi connectivity index (χ0n) is 11.2. The minimum absolute atomic E-state index is 0.0624. The Hall–Kier alpha value is -1.14. The third kappa shape index (κ3) is 3.67. The Bertz CT molecular complexity index is 378. The molecule has 19 heavy (non-hydrogen) atoms. The summed E-state index contributed by atoms with van der Waals surface area (Å²) in [5.41, 5.74) is 1.05. The van der Waals surface area contributed by atoms with Crippen molar-refractivity contribution in [2.24, 2.45) is 0 Å². The normalized spacial score (nSPS) is 26.6. The lowest BCUT2D eigenvalue weighted by molar-refractivity contribution is -0.130. The molecule has 0 aromatic heterocycles. The zero-order chi connectivity index (χ0) is 13.7. The summed E-state index contributed by atoms with van der Waals surface area (Å²) in [6.07, 6.45) is -0.115. The smallest absolute Gasteiger partial charge is 0.160 e. The molecule has 0 amide bonds. The summed E-state index contributed by atoms with van der Waals surface area (Å²) in [6.45, 7) is 0.415. The maximum absolute atomic E-state index is 9.24. The lowest BCUT2D eigenvalue weighted by atomic mass is 10.2. The predicted octanol–water partition coefficient (Wildman–Crippen LogP) is 1.33. The Kier molecular flexibility index (Phi) is 5.15. The van der Waals surface area contributed by atoms with Crippen LogP contribution in [-0.4, -0.2) is 44.4 Å². The lowest BCUT2D eigenvalue weighted by Crippen LogP contribution is -2.27. The third-order valence-corrected chi connectivity index (χ3v) is 3.23. The molecule has 0 radical (unpaired) electrons. The summed E-state index contributed by atoms with van der Waals surface area (Å²) in [5, 5.41) is 9.24. The van der Waals surface area contributed by atoms with Gasteiger partial charge in [0.05, 0.1) is 26.4 Å². The molecule has 3 atom stereocenters.